The van der Waals surface area contributed by atoms with Crippen molar-refractivity contribution in [3.8, 4) is 5.69 Å². The van der Waals surface area contributed by atoms with Gasteiger partial charge in [0.15, 0.2) is 0 Å². The molecule has 0 bridgehead atoms. The molecule has 2 aliphatic rings. The van der Waals surface area contributed by atoms with E-state index in [2.05, 4.69) is 5.10 Å². The van der Waals surface area contributed by atoms with E-state index in [0.717, 1.165) is 5.69 Å². The van der Waals surface area contributed by atoms with Gasteiger partial charge in [0.2, 0.25) is 0 Å². The van der Waals surface area contributed by atoms with Crippen molar-refractivity contribution in [1.29, 1.82) is 0 Å². The molecule has 2 fully saturated rings. The quantitative estimate of drug-likeness (QED) is 0.667. The molecule has 0 atom stereocenters. The number of morpholine rings is 1. The van der Waals surface area contributed by atoms with E-state index < -0.39 is 10.2 Å². The minimum absolute atomic E-state index is 0.00416. The lowest BCUT2D eigenvalue weighted by atomic mass is 10.0. The van der Waals surface area contributed by atoms with Gasteiger partial charge in [-0.1, -0.05) is 13.8 Å². The summed E-state index contributed by atoms with van der Waals surface area (Å²) in [6, 6.07) is 5.96. The Labute approximate surface area is 187 Å². The molecule has 11 heteroatoms. The second kappa shape index (κ2) is 9.26. The van der Waals surface area contributed by atoms with Crippen LogP contribution in [-0.2, 0) is 14.9 Å². The number of nitrogens with zero attached hydrogens (tertiary/aromatic N) is 5. The van der Waals surface area contributed by atoms with Gasteiger partial charge >= 0.3 is 0 Å². The van der Waals surface area contributed by atoms with E-state index in [1.54, 1.807) is 21.7 Å². The van der Waals surface area contributed by atoms with Gasteiger partial charge in [0.05, 0.1) is 36.4 Å². The van der Waals surface area contributed by atoms with Crippen molar-refractivity contribution in [2.24, 2.45) is 0 Å². The van der Waals surface area contributed by atoms with Gasteiger partial charge in [-0.15, -0.1) is 0 Å². The van der Waals surface area contributed by atoms with Gasteiger partial charge < -0.3 is 9.64 Å². The van der Waals surface area contributed by atoms with Crippen LogP contribution in [0.2, 0.25) is 0 Å². The van der Waals surface area contributed by atoms with Crippen LogP contribution in [0.25, 0.3) is 5.69 Å². The van der Waals surface area contributed by atoms with E-state index in [-0.39, 0.29) is 30.7 Å². The summed E-state index contributed by atoms with van der Waals surface area (Å²) < 4.78 is 48.8. The summed E-state index contributed by atoms with van der Waals surface area (Å²) in [4.78, 5) is 15.0. The van der Waals surface area contributed by atoms with E-state index in [4.69, 9.17) is 4.74 Å². The maximum atomic E-state index is 13.3. The third-order valence-corrected chi connectivity index (χ3v) is 7.84. The predicted octanol–water partition coefficient (Wildman–Crippen LogP) is 1.47. The zero-order valence-corrected chi connectivity index (χ0v) is 19.1. The summed E-state index contributed by atoms with van der Waals surface area (Å²) in [5.74, 6) is -0.511. The molecule has 0 saturated carbocycles. The molecule has 2 aliphatic heterocycles. The van der Waals surface area contributed by atoms with Crippen LogP contribution >= 0.6 is 0 Å². The molecule has 2 saturated heterocycles. The number of carbonyl (C=O) groups excluding carboxylic acids is 1. The molecule has 4 rings (SSSR count). The minimum atomic E-state index is -3.55. The highest BCUT2D eigenvalue weighted by atomic mass is 32.2. The molecule has 0 unspecified atom stereocenters. The summed E-state index contributed by atoms with van der Waals surface area (Å²) >= 11 is 0. The van der Waals surface area contributed by atoms with Crippen molar-refractivity contribution in [2.45, 2.75) is 19.8 Å². The van der Waals surface area contributed by atoms with E-state index in [0.29, 0.717) is 50.6 Å². The number of ether oxygens (including phenoxy) is 1. The fourth-order valence-electron chi connectivity index (χ4n) is 4.10. The zero-order chi connectivity index (χ0) is 22.9. The summed E-state index contributed by atoms with van der Waals surface area (Å²) in [6.07, 6.45) is 1.54. The molecule has 32 heavy (non-hydrogen) atoms. The van der Waals surface area contributed by atoms with Gasteiger partial charge in [-0.2, -0.15) is 22.1 Å². The minimum Gasteiger partial charge on any atom is -0.379 e. The highest BCUT2D eigenvalue weighted by molar-refractivity contribution is 7.86. The molecular formula is C21H28FN5O4S. The molecule has 0 spiro atoms. The fourth-order valence-corrected chi connectivity index (χ4v) is 5.66. The number of amides is 1. The number of carbonyl (C=O) groups is 1. The Morgan fingerprint density at radius 2 is 1.59 bits per heavy atom. The van der Waals surface area contributed by atoms with E-state index in [9.17, 15) is 17.6 Å². The molecule has 1 aromatic heterocycles. The van der Waals surface area contributed by atoms with E-state index in [1.165, 1.54) is 26.9 Å². The highest BCUT2D eigenvalue weighted by Gasteiger charge is 2.35. The molecule has 1 amide bonds. The van der Waals surface area contributed by atoms with Crippen molar-refractivity contribution >= 4 is 16.1 Å². The average Bonchev–Trinajstić information content (AvgIpc) is 3.25. The summed E-state index contributed by atoms with van der Waals surface area (Å²) in [6.45, 7) is 6.54. The van der Waals surface area contributed by atoms with Crippen LogP contribution in [0.15, 0.2) is 30.5 Å². The van der Waals surface area contributed by atoms with Crippen molar-refractivity contribution in [1.82, 2.24) is 23.3 Å². The fraction of sp³-hybridized carbons (Fsp3) is 0.524. The maximum absolute atomic E-state index is 13.3. The Kier molecular flexibility index (Phi) is 6.61. The SMILES string of the molecule is CC(C)c1c(C(=O)N2CCN(S(=O)(=O)N3CCOCC3)CC2)cnn1-c1ccc(F)cc1. The first kappa shape index (κ1) is 22.8. The Balaban J connectivity index is 1.49. The summed E-state index contributed by atoms with van der Waals surface area (Å²) in [5, 5.41) is 4.39. The molecule has 174 valence electrons. The van der Waals surface area contributed by atoms with Crippen LogP contribution in [0.4, 0.5) is 4.39 Å². The highest BCUT2D eigenvalue weighted by Crippen LogP contribution is 2.25. The first-order valence-electron chi connectivity index (χ1n) is 10.7. The second-order valence-electron chi connectivity index (χ2n) is 8.20. The summed E-state index contributed by atoms with van der Waals surface area (Å²) in [7, 11) is -3.55. The van der Waals surface area contributed by atoms with E-state index >= 15 is 0 Å². The number of halogens is 1. The van der Waals surface area contributed by atoms with Gasteiger partial charge in [-0.25, -0.2) is 9.07 Å². The Hall–Kier alpha value is -2.34. The first-order valence-corrected chi connectivity index (χ1v) is 12.1. The lowest BCUT2D eigenvalue weighted by Gasteiger charge is -2.37. The number of benzene rings is 1. The van der Waals surface area contributed by atoms with Gasteiger partial charge in [0.25, 0.3) is 16.1 Å². The third-order valence-electron chi connectivity index (χ3n) is 5.80. The average molecular weight is 466 g/mol. The van der Waals surface area contributed by atoms with Crippen LogP contribution in [0.3, 0.4) is 0 Å². The van der Waals surface area contributed by atoms with Crippen LogP contribution in [-0.4, -0.2) is 90.1 Å². The standard InChI is InChI=1S/C21H28FN5O4S/c1-16(2)20-19(15-23-27(20)18-5-3-17(22)4-6-18)21(28)24-7-9-25(10-8-24)32(29,30)26-11-13-31-14-12-26/h3-6,15-16H,7-14H2,1-2H3. The number of aromatic nitrogens is 2. The van der Waals surface area contributed by atoms with Crippen molar-refractivity contribution < 1.29 is 22.3 Å². The molecular weight excluding hydrogens is 437 g/mol. The Morgan fingerprint density at radius 1 is 1.00 bits per heavy atom. The van der Waals surface area contributed by atoms with Crippen LogP contribution in [0.5, 0.6) is 0 Å². The zero-order valence-electron chi connectivity index (χ0n) is 18.3. The Bertz CT molecular complexity index is 1060. The number of hydrogen-bond donors (Lipinski definition) is 0. The van der Waals surface area contributed by atoms with Crippen molar-refractivity contribution in [2.75, 3.05) is 52.5 Å². The number of piperazine rings is 1. The topological polar surface area (TPSA) is 88.0 Å². The molecule has 9 nitrogen and oxygen atoms in total. The predicted molar refractivity (Wildman–Crippen MR) is 116 cm³/mol. The Morgan fingerprint density at radius 3 is 2.19 bits per heavy atom. The largest absolute Gasteiger partial charge is 0.379 e. The second-order valence-corrected chi connectivity index (χ2v) is 10.1. The normalized spacial score (nSPS) is 18.9. The van der Waals surface area contributed by atoms with Gasteiger partial charge in [-0.05, 0) is 30.2 Å². The maximum Gasteiger partial charge on any atom is 0.282 e. The molecule has 1 aromatic carbocycles. The lowest BCUT2D eigenvalue weighted by Crippen LogP contribution is -2.55. The monoisotopic (exact) mass is 465 g/mol. The van der Waals surface area contributed by atoms with Gasteiger partial charge in [0, 0.05) is 39.3 Å². The smallest absolute Gasteiger partial charge is 0.282 e. The molecule has 2 aromatic rings. The molecule has 0 aliphatic carbocycles. The number of rotatable bonds is 5. The van der Waals surface area contributed by atoms with Gasteiger partial charge in [-0.3, -0.25) is 4.79 Å². The molecule has 0 N–H and O–H groups in total. The number of hydrogen-bond acceptors (Lipinski definition) is 5. The van der Waals surface area contributed by atoms with Gasteiger partial charge in [0.1, 0.15) is 5.82 Å². The lowest BCUT2D eigenvalue weighted by molar-refractivity contribution is 0.0635. The third kappa shape index (κ3) is 4.42. The summed E-state index contributed by atoms with van der Waals surface area (Å²) in [5.41, 5.74) is 1.90. The van der Waals surface area contributed by atoms with Crippen molar-refractivity contribution in [3.63, 3.8) is 0 Å². The van der Waals surface area contributed by atoms with Crippen LogP contribution in [0, 0.1) is 5.82 Å². The van der Waals surface area contributed by atoms with E-state index in [1.807, 2.05) is 13.8 Å². The molecule has 3 heterocycles. The van der Waals surface area contributed by atoms with Crippen molar-refractivity contribution in [3.05, 3.63) is 47.5 Å². The van der Waals surface area contributed by atoms with Crippen LogP contribution in [0.1, 0.15) is 35.8 Å². The van der Waals surface area contributed by atoms with Crippen LogP contribution < -0.4 is 0 Å². The first-order chi connectivity index (χ1) is 15.3. The molecule has 0 radical (unpaired) electrons.